The van der Waals surface area contributed by atoms with Crippen molar-refractivity contribution in [1.82, 2.24) is 9.62 Å². The van der Waals surface area contributed by atoms with Crippen molar-refractivity contribution >= 4 is 15.9 Å². The number of hydrogen-bond donors (Lipinski definition) is 2. The molecule has 0 spiro atoms. The van der Waals surface area contributed by atoms with E-state index in [0.717, 1.165) is 10.5 Å². The molecule has 0 bridgehead atoms. The summed E-state index contributed by atoms with van der Waals surface area (Å²) in [6.07, 6.45) is -3.28. The van der Waals surface area contributed by atoms with Gasteiger partial charge in [-0.3, -0.25) is 4.79 Å². The second-order valence-electron chi connectivity index (χ2n) is 6.20. The van der Waals surface area contributed by atoms with Crippen LogP contribution in [-0.2, 0) is 21.2 Å². The Hall–Kier alpha value is -1.65. The fraction of sp³-hybridized carbons (Fsp3) is 0.562. The topological polar surface area (TPSA) is 86.7 Å². The smallest absolute Gasteiger partial charge is 0.395 e. The summed E-state index contributed by atoms with van der Waals surface area (Å²) in [6.45, 7) is -0.229. The highest BCUT2D eigenvalue weighted by molar-refractivity contribution is 7.89. The molecule has 2 N–H and O–H groups in total. The number of aliphatic hydroxyl groups excluding tert-OH is 1. The number of piperidine rings is 1. The molecule has 2 rings (SSSR count). The van der Waals surface area contributed by atoms with Crippen LogP contribution in [0.1, 0.15) is 18.4 Å². The SMILES string of the molecule is O=C(N1CCC(Cc2ccc(S(=O)(=O)NCCO)cc2)CC1)C(F)(F)F. The van der Waals surface area contributed by atoms with Gasteiger partial charge in [0, 0.05) is 19.6 Å². The second kappa shape index (κ2) is 8.36. The lowest BCUT2D eigenvalue weighted by atomic mass is 9.90. The summed E-state index contributed by atoms with van der Waals surface area (Å²) in [5, 5.41) is 8.69. The van der Waals surface area contributed by atoms with E-state index in [4.69, 9.17) is 5.11 Å². The van der Waals surface area contributed by atoms with Gasteiger partial charge in [0.05, 0.1) is 11.5 Å². The van der Waals surface area contributed by atoms with E-state index in [9.17, 15) is 26.4 Å². The number of benzene rings is 1. The van der Waals surface area contributed by atoms with Crippen LogP contribution in [0.4, 0.5) is 13.2 Å². The zero-order valence-corrected chi connectivity index (χ0v) is 14.8. The normalized spacial score (nSPS) is 16.7. The van der Waals surface area contributed by atoms with Crippen molar-refractivity contribution in [2.45, 2.75) is 30.3 Å². The van der Waals surface area contributed by atoms with Gasteiger partial charge in [0.1, 0.15) is 0 Å². The number of carbonyl (C=O) groups is 1. The maximum absolute atomic E-state index is 12.4. The van der Waals surface area contributed by atoms with Crippen LogP contribution in [0.2, 0.25) is 0 Å². The largest absolute Gasteiger partial charge is 0.471 e. The number of aliphatic hydroxyl groups is 1. The molecule has 1 saturated heterocycles. The van der Waals surface area contributed by atoms with Crippen LogP contribution in [-0.4, -0.2) is 56.7 Å². The molecule has 146 valence electrons. The molecule has 26 heavy (non-hydrogen) atoms. The fourth-order valence-electron chi connectivity index (χ4n) is 2.92. The van der Waals surface area contributed by atoms with Crippen LogP contribution in [0, 0.1) is 5.92 Å². The van der Waals surface area contributed by atoms with Crippen LogP contribution in [0.5, 0.6) is 0 Å². The molecule has 0 aliphatic carbocycles. The average Bonchev–Trinajstić information content (AvgIpc) is 2.60. The molecule has 1 amide bonds. The number of nitrogens with zero attached hydrogens (tertiary/aromatic N) is 1. The van der Waals surface area contributed by atoms with Crippen LogP contribution >= 0.6 is 0 Å². The molecule has 6 nitrogen and oxygen atoms in total. The molecule has 1 aliphatic rings. The first kappa shape index (κ1) is 20.7. The van der Waals surface area contributed by atoms with Crippen molar-refractivity contribution in [1.29, 1.82) is 0 Å². The molecule has 1 aliphatic heterocycles. The zero-order chi connectivity index (χ0) is 19.4. The molecule has 0 aromatic heterocycles. The highest BCUT2D eigenvalue weighted by atomic mass is 32.2. The summed E-state index contributed by atoms with van der Waals surface area (Å²) in [4.78, 5) is 12.1. The summed E-state index contributed by atoms with van der Waals surface area (Å²) in [5.74, 6) is -1.65. The predicted molar refractivity (Wildman–Crippen MR) is 87.8 cm³/mol. The van der Waals surface area contributed by atoms with E-state index < -0.39 is 22.1 Å². The van der Waals surface area contributed by atoms with E-state index in [1.165, 1.54) is 12.1 Å². The number of hydrogen-bond acceptors (Lipinski definition) is 4. The molecular formula is C16H21F3N2O4S. The number of amides is 1. The minimum Gasteiger partial charge on any atom is -0.395 e. The van der Waals surface area contributed by atoms with Crippen molar-refractivity contribution in [3.05, 3.63) is 29.8 Å². The molecule has 10 heteroatoms. The Bertz CT molecular complexity index is 712. The Balaban J connectivity index is 1.90. The molecule has 1 aromatic rings. The van der Waals surface area contributed by atoms with Crippen LogP contribution in [0.15, 0.2) is 29.2 Å². The van der Waals surface area contributed by atoms with Gasteiger partial charge < -0.3 is 10.0 Å². The zero-order valence-electron chi connectivity index (χ0n) is 14.0. The maximum Gasteiger partial charge on any atom is 0.471 e. The lowest BCUT2D eigenvalue weighted by molar-refractivity contribution is -0.186. The van der Waals surface area contributed by atoms with Crippen molar-refractivity contribution in [2.24, 2.45) is 5.92 Å². The van der Waals surface area contributed by atoms with Crippen LogP contribution < -0.4 is 4.72 Å². The molecular weight excluding hydrogens is 373 g/mol. The first-order valence-corrected chi connectivity index (χ1v) is 9.67. The Morgan fingerprint density at radius 3 is 2.27 bits per heavy atom. The Kier molecular flexibility index (Phi) is 6.64. The maximum atomic E-state index is 12.4. The predicted octanol–water partition coefficient (Wildman–Crippen LogP) is 1.30. The van der Waals surface area contributed by atoms with Crippen LogP contribution in [0.3, 0.4) is 0 Å². The number of likely N-dealkylation sites (tertiary alicyclic amines) is 1. The molecule has 0 radical (unpaired) electrons. The minimum atomic E-state index is -4.84. The second-order valence-corrected chi connectivity index (χ2v) is 7.97. The lowest BCUT2D eigenvalue weighted by Crippen LogP contribution is -2.45. The highest BCUT2D eigenvalue weighted by Crippen LogP contribution is 2.26. The van der Waals surface area contributed by atoms with Gasteiger partial charge in [-0.2, -0.15) is 13.2 Å². The van der Waals surface area contributed by atoms with Gasteiger partial charge in [0.25, 0.3) is 0 Å². The van der Waals surface area contributed by atoms with E-state index >= 15 is 0 Å². The van der Waals surface area contributed by atoms with Crippen LogP contribution in [0.25, 0.3) is 0 Å². The minimum absolute atomic E-state index is 0.0700. The van der Waals surface area contributed by atoms with Gasteiger partial charge in [-0.05, 0) is 42.9 Å². The standard InChI is InChI=1S/C16H21F3N2O4S/c17-16(18,19)15(23)21-8-5-13(6-9-21)11-12-1-3-14(4-2-12)26(24,25)20-7-10-22/h1-4,13,20,22H,5-11H2. The highest BCUT2D eigenvalue weighted by Gasteiger charge is 2.43. The fourth-order valence-corrected chi connectivity index (χ4v) is 3.94. The Labute approximate surface area is 150 Å². The molecule has 0 atom stereocenters. The number of halogens is 3. The lowest BCUT2D eigenvalue weighted by Gasteiger charge is -2.32. The van der Waals surface area contributed by atoms with Crippen molar-refractivity contribution < 1.29 is 31.5 Å². The van der Waals surface area contributed by atoms with Crippen molar-refractivity contribution in [2.75, 3.05) is 26.2 Å². The first-order chi connectivity index (χ1) is 12.1. The summed E-state index contributed by atoms with van der Waals surface area (Å²) in [5.41, 5.74) is 0.881. The van der Waals surface area contributed by atoms with E-state index in [1.54, 1.807) is 12.1 Å². The molecule has 1 aromatic carbocycles. The molecule has 1 heterocycles. The molecule has 0 saturated carbocycles. The van der Waals surface area contributed by atoms with Gasteiger partial charge in [-0.1, -0.05) is 12.1 Å². The molecule has 1 fully saturated rings. The summed E-state index contributed by atoms with van der Waals surface area (Å²) in [6, 6.07) is 6.25. The van der Waals surface area contributed by atoms with Gasteiger partial charge in [0.2, 0.25) is 10.0 Å². The van der Waals surface area contributed by atoms with Crippen molar-refractivity contribution in [3.63, 3.8) is 0 Å². The number of rotatable bonds is 6. The third-order valence-corrected chi connectivity index (χ3v) is 5.78. The van der Waals surface area contributed by atoms with Gasteiger partial charge in [0.15, 0.2) is 0 Å². The third-order valence-electron chi connectivity index (χ3n) is 4.31. The average molecular weight is 394 g/mol. The molecule has 0 unspecified atom stereocenters. The first-order valence-electron chi connectivity index (χ1n) is 8.19. The van der Waals surface area contributed by atoms with Gasteiger partial charge >= 0.3 is 12.1 Å². The monoisotopic (exact) mass is 394 g/mol. The number of sulfonamides is 1. The summed E-state index contributed by atoms with van der Waals surface area (Å²) >= 11 is 0. The van der Waals surface area contributed by atoms with E-state index in [1.807, 2.05) is 0 Å². The Morgan fingerprint density at radius 2 is 1.77 bits per heavy atom. The van der Waals surface area contributed by atoms with E-state index in [0.29, 0.717) is 19.3 Å². The van der Waals surface area contributed by atoms with Gasteiger partial charge in [-0.25, -0.2) is 13.1 Å². The quantitative estimate of drug-likeness (QED) is 0.762. The number of carbonyl (C=O) groups excluding carboxylic acids is 1. The van der Waals surface area contributed by atoms with E-state index in [2.05, 4.69) is 4.72 Å². The van der Waals surface area contributed by atoms with E-state index in [-0.39, 0.29) is 37.1 Å². The van der Waals surface area contributed by atoms with Crippen molar-refractivity contribution in [3.8, 4) is 0 Å². The number of nitrogens with one attached hydrogen (secondary N) is 1. The summed E-state index contributed by atoms with van der Waals surface area (Å²) < 4.78 is 63.4. The Morgan fingerprint density at radius 1 is 1.19 bits per heavy atom. The summed E-state index contributed by atoms with van der Waals surface area (Å²) in [7, 11) is -3.66. The van der Waals surface area contributed by atoms with Gasteiger partial charge in [-0.15, -0.1) is 0 Å². The number of alkyl halides is 3. The third kappa shape index (κ3) is 5.42.